The van der Waals surface area contributed by atoms with Crippen molar-refractivity contribution in [3.05, 3.63) is 23.5 Å². The number of esters is 1. The molecule has 1 aliphatic carbocycles. The molecule has 0 amide bonds. The third-order valence-electron chi connectivity index (χ3n) is 5.89. The molecule has 1 unspecified atom stereocenters. The smallest absolute Gasteiger partial charge is 0.307 e. The van der Waals surface area contributed by atoms with Gasteiger partial charge in [-0.1, -0.05) is 64.5 Å². The minimum atomic E-state index is -0.620. The van der Waals surface area contributed by atoms with Crippen molar-refractivity contribution in [2.45, 2.75) is 117 Å². The predicted octanol–water partition coefficient (Wildman–Crippen LogP) is 5.04. The highest BCUT2D eigenvalue weighted by molar-refractivity contribution is 5.67. The molecule has 0 spiro atoms. The maximum atomic E-state index is 11.5. The van der Waals surface area contributed by atoms with Gasteiger partial charge >= 0.3 is 5.97 Å². The van der Waals surface area contributed by atoms with E-state index in [9.17, 15) is 20.1 Å². The molecule has 1 aliphatic rings. The summed E-state index contributed by atoms with van der Waals surface area (Å²) in [6.07, 6.45) is 12.5. The van der Waals surface area contributed by atoms with E-state index in [0.29, 0.717) is 18.1 Å². The van der Waals surface area contributed by atoms with Crippen LogP contribution in [0.1, 0.15) is 98.3 Å². The highest BCUT2D eigenvalue weighted by Crippen LogP contribution is 2.37. The van der Waals surface area contributed by atoms with Gasteiger partial charge in [-0.3, -0.25) is 4.79 Å². The summed E-state index contributed by atoms with van der Waals surface area (Å²) >= 11 is 0. The van der Waals surface area contributed by atoms with Crippen LogP contribution in [0.4, 0.5) is 0 Å². The van der Waals surface area contributed by atoms with E-state index in [0.717, 1.165) is 63.4 Å². The molecule has 0 aliphatic heterocycles. The van der Waals surface area contributed by atoms with Crippen molar-refractivity contribution in [2.75, 3.05) is 0 Å². The van der Waals surface area contributed by atoms with Crippen molar-refractivity contribution in [2.24, 2.45) is 11.8 Å². The number of aliphatic hydroxyl groups excluding tert-OH is 3. The molecule has 30 heavy (non-hydrogen) atoms. The van der Waals surface area contributed by atoms with Crippen LogP contribution in [-0.4, -0.2) is 39.6 Å². The Hall–Kier alpha value is -1.17. The minimum absolute atomic E-state index is 0.211. The van der Waals surface area contributed by atoms with Crippen LogP contribution in [-0.2, 0) is 9.53 Å². The van der Waals surface area contributed by atoms with Gasteiger partial charge in [0.25, 0.3) is 0 Å². The van der Waals surface area contributed by atoms with E-state index < -0.39 is 12.2 Å². The first-order valence-corrected chi connectivity index (χ1v) is 11.9. The molecule has 0 heterocycles. The Morgan fingerprint density at radius 1 is 1.13 bits per heavy atom. The molecule has 0 aromatic rings. The number of carbonyl (C=O) groups is 1. The largest absolute Gasteiger partial charge is 0.431 e. The number of ether oxygens (including phenoxy) is 1. The Kier molecular flexibility index (Phi) is 13.2. The predicted molar refractivity (Wildman–Crippen MR) is 121 cm³/mol. The third kappa shape index (κ3) is 10.7. The summed E-state index contributed by atoms with van der Waals surface area (Å²) in [6.45, 7) is 7.54. The molecule has 3 N–H and O–H groups in total. The van der Waals surface area contributed by atoms with Crippen molar-refractivity contribution >= 4 is 5.97 Å². The zero-order chi connectivity index (χ0) is 22.5. The van der Waals surface area contributed by atoms with Gasteiger partial charge in [-0.05, 0) is 44.1 Å². The zero-order valence-electron chi connectivity index (χ0n) is 19.5. The summed E-state index contributed by atoms with van der Waals surface area (Å²) in [6, 6.07) is 0. The van der Waals surface area contributed by atoms with Crippen LogP contribution >= 0.6 is 0 Å². The summed E-state index contributed by atoms with van der Waals surface area (Å²) in [7, 11) is 0. The molecule has 5 heteroatoms. The van der Waals surface area contributed by atoms with Crippen LogP contribution in [0, 0.1) is 11.8 Å². The molecule has 0 aromatic carbocycles. The average Bonchev–Trinajstić information content (AvgIpc) is 2.94. The molecule has 0 fully saturated rings. The van der Waals surface area contributed by atoms with E-state index in [1.807, 2.05) is 13.0 Å². The van der Waals surface area contributed by atoms with E-state index >= 15 is 0 Å². The van der Waals surface area contributed by atoms with E-state index in [4.69, 9.17) is 4.74 Å². The van der Waals surface area contributed by atoms with Crippen molar-refractivity contribution in [3.8, 4) is 0 Å². The highest BCUT2D eigenvalue weighted by atomic mass is 16.5. The lowest BCUT2D eigenvalue weighted by atomic mass is 9.92. The summed E-state index contributed by atoms with van der Waals surface area (Å²) in [5, 5.41) is 30.3. The molecule has 5 atom stereocenters. The van der Waals surface area contributed by atoms with Gasteiger partial charge < -0.3 is 20.1 Å². The summed E-state index contributed by atoms with van der Waals surface area (Å²) in [4.78, 5) is 11.5. The second kappa shape index (κ2) is 14.8. The lowest BCUT2D eigenvalue weighted by Crippen LogP contribution is -2.16. The van der Waals surface area contributed by atoms with Crippen molar-refractivity contribution in [1.29, 1.82) is 0 Å². The zero-order valence-corrected chi connectivity index (χ0v) is 19.5. The average molecular weight is 425 g/mol. The number of aliphatic hydroxyl groups is 3. The topological polar surface area (TPSA) is 87.0 Å². The SMILES string of the molecule is CCCC[C@H](C)C[C@H](O)/C=C/[C@@H]1C(CCCCCCC(C)O)=C(OC(C)=O)C[C@H]1O. The molecule has 0 saturated carbocycles. The van der Waals surface area contributed by atoms with Gasteiger partial charge in [-0.15, -0.1) is 0 Å². The second-order valence-electron chi connectivity index (χ2n) is 9.08. The first kappa shape index (κ1) is 26.9. The molecule has 0 aromatic heterocycles. The molecule has 174 valence electrons. The van der Waals surface area contributed by atoms with Crippen LogP contribution < -0.4 is 0 Å². The van der Waals surface area contributed by atoms with Crippen LogP contribution in [0.25, 0.3) is 0 Å². The van der Waals surface area contributed by atoms with E-state index in [2.05, 4.69) is 13.8 Å². The van der Waals surface area contributed by atoms with Gasteiger partial charge in [0.05, 0.1) is 18.3 Å². The van der Waals surface area contributed by atoms with Gasteiger partial charge in [0.15, 0.2) is 0 Å². The molecule has 5 nitrogen and oxygen atoms in total. The number of rotatable bonds is 15. The quantitative estimate of drug-likeness (QED) is 0.195. The van der Waals surface area contributed by atoms with Crippen LogP contribution in [0.5, 0.6) is 0 Å². The molecular weight excluding hydrogens is 380 g/mol. The van der Waals surface area contributed by atoms with Gasteiger partial charge in [0.1, 0.15) is 5.76 Å². The standard InChI is InChI=1S/C25H44O5/c1-5-6-11-18(2)16-21(28)14-15-22-23(13-10-8-7-9-12-19(3)26)25(17-24(22)29)30-20(4)27/h14-15,18-19,21-22,24,26,28-29H,5-13,16-17H2,1-4H3/b15-14+/t18-,19?,21+,22+,24+/m0/s1. The first-order valence-electron chi connectivity index (χ1n) is 11.9. The van der Waals surface area contributed by atoms with Gasteiger partial charge in [-0.2, -0.15) is 0 Å². The van der Waals surface area contributed by atoms with Crippen molar-refractivity contribution in [1.82, 2.24) is 0 Å². The molecule has 0 saturated heterocycles. The fourth-order valence-electron chi connectivity index (χ4n) is 4.22. The number of carbonyl (C=O) groups excluding carboxylic acids is 1. The van der Waals surface area contributed by atoms with Crippen LogP contribution in [0.15, 0.2) is 23.5 Å². The molecule has 0 bridgehead atoms. The Morgan fingerprint density at radius 3 is 2.47 bits per heavy atom. The number of hydrogen-bond acceptors (Lipinski definition) is 5. The highest BCUT2D eigenvalue weighted by Gasteiger charge is 2.33. The van der Waals surface area contributed by atoms with Gasteiger partial charge in [0, 0.05) is 19.3 Å². The van der Waals surface area contributed by atoms with E-state index in [-0.39, 0.29) is 18.0 Å². The number of hydrogen-bond donors (Lipinski definition) is 3. The Balaban J connectivity index is 2.68. The van der Waals surface area contributed by atoms with Gasteiger partial charge in [-0.25, -0.2) is 0 Å². The fraction of sp³-hybridized carbons (Fsp3) is 0.800. The number of unbranched alkanes of at least 4 members (excludes halogenated alkanes) is 4. The first-order chi connectivity index (χ1) is 14.2. The summed E-state index contributed by atoms with van der Waals surface area (Å²) in [5.74, 6) is 0.490. The maximum absolute atomic E-state index is 11.5. The van der Waals surface area contributed by atoms with E-state index in [1.165, 1.54) is 13.3 Å². The lowest BCUT2D eigenvalue weighted by Gasteiger charge is -2.17. The van der Waals surface area contributed by atoms with Crippen LogP contribution in [0.3, 0.4) is 0 Å². The normalized spacial score (nSPS) is 22.5. The molecule has 0 radical (unpaired) electrons. The monoisotopic (exact) mass is 424 g/mol. The Bertz CT molecular complexity index is 552. The third-order valence-corrected chi connectivity index (χ3v) is 5.89. The Labute approximate surface area is 183 Å². The van der Waals surface area contributed by atoms with Crippen molar-refractivity contribution in [3.63, 3.8) is 0 Å². The van der Waals surface area contributed by atoms with Crippen LogP contribution in [0.2, 0.25) is 0 Å². The summed E-state index contributed by atoms with van der Waals surface area (Å²) < 4.78 is 5.40. The fourth-order valence-corrected chi connectivity index (χ4v) is 4.22. The molecule has 1 rings (SSSR count). The Morgan fingerprint density at radius 2 is 1.83 bits per heavy atom. The van der Waals surface area contributed by atoms with Crippen molar-refractivity contribution < 1.29 is 24.9 Å². The minimum Gasteiger partial charge on any atom is -0.431 e. The lowest BCUT2D eigenvalue weighted by molar-refractivity contribution is -0.137. The molecular formula is C25H44O5. The second-order valence-corrected chi connectivity index (χ2v) is 9.08. The van der Waals surface area contributed by atoms with Gasteiger partial charge in [0.2, 0.25) is 0 Å². The summed E-state index contributed by atoms with van der Waals surface area (Å²) in [5.41, 5.74) is 0.982. The maximum Gasteiger partial charge on any atom is 0.307 e. The van der Waals surface area contributed by atoms with E-state index in [1.54, 1.807) is 6.08 Å².